The predicted molar refractivity (Wildman–Crippen MR) is 111 cm³/mol. The summed E-state index contributed by atoms with van der Waals surface area (Å²) >= 11 is 0. The van der Waals surface area contributed by atoms with E-state index < -0.39 is 5.91 Å². The van der Waals surface area contributed by atoms with Crippen LogP contribution in [0.1, 0.15) is 16.7 Å². The minimum atomic E-state index is -0.421. The molecule has 0 aliphatic heterocycles. The quantitative estimate of drug-likeness (QED) is 0.435. The molecule has 3 aromatic rings. The van der Waals surface area contributed by atoms with Crippen LogP contribution in [0.4, 0.5) is 5.69 Å². The maximum Gasteiger partial charge on any atom is 0.259 e. The lowest BCUT2D eigenvalue weighted by molar-refractivity contribution is -0.119. The highest BCUT2D eigenvalue weighted by Gasteiger charge is 2.08. The SMILES string of the molecule is Cc1ccc(NCC(=O)N/N=C\c2cn(CC(N)=O)c3ccccc23)cc1C. The first-order valence-electron chi connectivity index (χ1n) is 8.93. The maximum atomic E-state index is 12.0. The number of nitrogens with two attached hydrogens (primary N) is 1. The summed E-state index contributed by atoms with van der Waals surface area (Å²) in [5, 5.41) is 8.04. The highest BCUT2D eigenvalue weighted by molar-refractivity contribution is 6.00. The Morgan fingerprint density at radius 3 is 2.68 bits per heavy atom. The number of amides is 2. The fourth-order valence-electron chi connectivity index (χ4n) is 2.92. The Balaban J connectivity index is 1.63. The van der Waals surface area contributed by atoms with Crippen molar-refractivity contribution < 1.29 is 9.59 Å². The van der Waals surface area contributed by atoms with Crippen LogP contribution in [0.2, 0.25) is 0 Å². The van der Waals surface area contributed by atoms with Gasteiger partial charge in [0.15, 0.2) is 0 Å². The summed E-state index contributed by atoms with van der Waals surface area (Å²) in [7, 11) is 0. The number of aryl methyl sites for hydroxylation is 2. The second-order valence-corrected chi connectivity index (χ2v) is 6.64. The number of benzene rings is 2. The number of hydrogen-bond acceptors (Lipinski definition) is 4. The number of nitrogens with zero attached hydrogens (tertiary/aromatic N) is 2. The Kier molecular flexibility index (Phi) is 5.74. The number of rotatable bonds is 7. The van der Waals surface area contributed by atoms with E-state index in [1.807, 2.05) is 56.3 Å². The van der Waals surface area contributed by atoms with Gasteiger partial charge in [-0.05, 0) is 43.2 Å². The van der Waals surface area contributed by atoms with Crippen LogP contribution < -0.4 is 16.5 Å². The van der Waals surface area contributed by atoms with E-state index in [0.29, 0.717) is 0 Å². The molecule has 2 amide bonds. The molecule has 0 spiro atoms. The third-order valence-electron chi connectivity index (χ3n) is 4.50. The van der Waals surface area contributed by atoms with Crippen molar-refractivity contribution in [3.8, 4) is 0 Å². The number of carbonyl (C=O) groups excluding carboxylic acids is 2. The largest absolute Gasteiger partial charge is 0.376 e. The van der Waals surface area contributed by atoms with E-state index >= 15 is 0 Å². The molecule has 28 heavy (non-hydrogen) atoms. The van der Waals surface area contributed by atoms with Crippen molar-refractivity contribution in [1.82, 2.24) is 9.99 Å². The molecule has 0 atom stereocenters. The molecule has 3 rings (SSSR count). The van der Waals surface area contributed by atoms with E-state index in [0.717, 1.165) is 27.7 Å². The van der Waals surface area contributed by atoms with Crippen LogP contribution >= 0.6 is 0 Å². The normalized spacial score (nSPS) is 11.1. The van der Waals surface area contributed by atoms with Crippen molar-refractivity contribution in [1.29, 1.82) is 0 Å². The Morgan fingerprint density at radius 2 is 1.93 bits per heavy atom. The third-order valence-corrected chi connectivity index (χ3v) is 4.50. The number of primary amides is 1. The molecule has 0 radical (unpaired) electrons. The number of hydrazone groups is 1. The Morgan fingerprint density at radius 1 is 1.14 bits per heavy atom. The summed E-state index contributed by atoms with van der Waals surface area (Å²) in [6.45, 7) is 4.27. The van der Waals surface area contributed by atoms with E-state index in [1.54, 1.807) is 17.0 Å². The van der Waals surface area contributed by atoms with Crippen LogP contribution in [-0.4, -0.2) is 29.1 Å². The Labute approximate surface area is 163 Å². The zero-order valence-electron chi connectivity index (χ0n) is 15.9. The van der Waals surface area contributed by atoms with E-state index in [2.05, 4.69) is 15.8 Å². The molecule has 0 bridgehead atoms. The van der Waals surface area contributed by atoms with E-state index in [1.165, 1.54) is 5.56 Å². The van der Waals surface area contributed by atoms with Crippen LogP contribution in [-0.2, 0) is 16.1 Å². The fraction of sp³-hybridized carbons (Fsp3) is 0.190. The predicted octanol–water partition coefficient (Wildman–Crippen LogP) is 2.31. The van der Waals surface area contributed by atoms with Gasteiger partial charge in [-0.3, -0.25) is 9.59 Å². The molecular formula is C21H23N5O2. The topological polar surface area (TPSA) is 102 Å². The number of carbonyl (C=O) groups is 2. The molecule has 0 fully saturated rings. The van der Waals surface area contributed by atoms with Gasteiger partial charge in [-0.15, -0.1) is 0 Å². The molecule has 144 valence electrons. The molecule has 0 aliphatic carbocycles. The summed E-state index contributed by atoms with van der Waals surface area (Å²) in [6, 6.07) is 13.6. The molecule has 0 saturated carbocycles. The number of para-hydroxylation sites is 1. The molecular weight excluding hydrogens is 354 g/mol. The molecule has 4 N–H and O–H groups in total. The molecule has 2 aromatic carbocycles. The average Bonchev–Trinajstić information content (AvgIpc) is 3.00. The third kappa shape index (κ3) is 4.56. The highest BCUT2D eigenvalue weighted by atomic mass is 16.2. The lowest BCUT2D eigenvalue weighted by Crippen LogP contribution is -2.25. The van der Waals surface area contributed by atoms with E-state index in [4.69, 9.17) is 5.73 Å². The summed E-state index contributed by atoms with van der Waals surface area (Å²) in [4.78, 5) is 23.3. The summed E-state index contributed by atoms with van der Waals surface area (Å²) in [5.74, 6) is -0.676. The van der Waals surface area contributed by atoms with Crippen molar-refractivity contribution in [2.45, 2.75) is 20.4 Å². The molecule has 1 aromatic heterocycles. The fourth-order valence-corrected chi connectivity index (χ4v) is 2.92. The van der Waals surface area contributed by atoms with Crippen molar-refractivity contribution >= 4 is 34.6 Å². The number of aromatic nitrogens is 1. The molecule has 1 heterocycles. The number of fused-ring (bicyclic) bond motifs is 1. The van der Waals surface area contributed by atoms with Gasteiger partial charge in [0.05, 0.1) is 12.8 Å². The number of nitrogens with one attached hydrogen (secondary N) is 2. The highest BCUT2D eigenvalue weighted by Crippen LogP contribution is 2.19. The Hall–Kier alpha value is -3.61. The smallest absolute Gasteiger partial charge is 0.259 e. The standard InChI is InChI=1S/C21H23N5O2/c1-14-7-8-17(9-15(14)2)23-11-21(28)25-24-10-16-12-26(13-20(22)27)19-6-4-3-5-18(16)19/h3-10,12,23H,11,13H2,1-2H3,(H2,22,27)(H,25,28)/b24-10-. The van der Waals surface area contributed by atoms with Crippen molar-refractivity contribution in [2.75, 3.05) is 11.9 Å². The molecule has 0 unspecified atom stereocenters. The zero-order chi connectivity index (χ0) is 20.1. The van der Waals surface area contributed by atoms with Gasteiger partial charge in [0.1, 0.15) is 6.54 Å². The first kappa shape index (κ1) is 19.2. The lowest BCUT2D eigenvalue weighted by Gasteiger charge is -2.07. The van der Waals surface area contributed by atoms with Gasteiger partial charge in [-0.25, -0.2) is 5.43 Å². The minimum Gasteiger partial charge on any atom is -0.376 e. The lowest BCUT2D eigenvalue weighted by atomic mass is 10.1. The minimum absolute atomic E-state index is 0.0839. The second kappa shape index (κ2) is 8.39. The van der Waals surface area contributed by atoms with Gasteiger partial charge in [0, 0.05) is 28.4 Å². The monoisotopic (exact) mass is 377 g/mol. The van der Waals surface area contributed by atoms with Crippen LogP contribution in [0.25, 0.3) is 10.9 Å². The Bertz CT molecular complexity index is 1050. The zero-order valence-corrected chi connectivity index (χ0v) is 15.9. The van der Waals surface area contributed by atoms with E-state index in [-0.39, 0.29) is 19.0 Å². The second-order valence-electron chi connectivity index (χ2n) is 6.64. The summed E-state index contributed by atoms with van der Waals surface area (Å²) in [5.41, 5.74) is 12.7. The first-order valence-corrected chi connectivity index (χ1v) is 8.93. The molecule has 0 aliphatic rings. The van der Waals surface area contributed by atoms with Crippen molar-refractivity contribution in [3.63, 3.8) is 0 Å². The van der Waals surface area contributed by atoms with Crippen LogP contribution in [0, 0.1) is 13.8 Å². The van der Waals surface area contributed by atoms with Gasteiger partial charge in [-0.2, -0.15) is 5.10 Å². The summed E-state index contributed by atoms with van der Waals surface area (Å²) < 4.78 is 1.77. The van der Waals surface area contributed by atoms with Crippen LogP contribution in [0.5, 0.6) is 0 Å². The van der Waals surface area contributed by atoms with Crippen LogP contribution in [0.15, 0.2) is 53.8 Å². The van der Waals surface area contributed by atoms with Crippen molar-refractivity contribution in [2.24, 2.45) is 10.8 Å². The van der Waals surface area contributed by atoms with Gasteiger partial charge in [0.25, 0.3) is 5.91 Å². The van der Waals surface area contributed by atoms with Gasteiger partial charge < -0.3 is 15.6 Å². The first-order chi connectivity index (χ1) is 13.4. The van der Waals surface area contributed by atoms with Gasteiger partial charge >= 0.3 is 0 Å². The van der Waals surface area contributed by atoms with Gasteiger partial charge in [-0.1, -0.05) is 24.3 Å². The average molecular weight is 377 g/mol. The number of hydrogen-bond donors (Lipinski definition) is 3. The van der Waals surface area contributed by atoms with E-state index in [9.17, 15) is 9.59 Å². The maximum absolute atomic E-state index is 12.0. The van der Waals surface area contributed by atoms with Gasteiger partial charge in [0.2, 0.25) is 5.91 Å². The molecule has 7 nitrogen and oxygen atoms in total. The molecule has 7 heteroatoms. The molecule has 0 saturated heterocycles. The number of anilines is 1. The van der Waals surface area contributed by atoms with Crippen molar-refractivity contribution in [3.05, 3.63) is 65.4 Å². The summed E-state index contributed by atoms with van der Waals surface area (Å²) in [6.07, 6.45) is 3.35. The van der Waals surface area contributed by atoms with Crippen LogP contribution in [0.3, 0.4) is 0 Å².